The molecule has 0 atom stereocenters. The van der Waals surface area contributed by atoms with Gasteiger partial charge in [0.15, 0.2) is 0 Å². The first-order valence-electron chi connectivity index (χ1n) is 4.56. The molecule has 0 saturated carbocycles. The lowest BCUT2D eigenvalue weighted by molar-refractivity contribution is -0.216. The van der Waals surface area contributed by atoms with Gasteiger partial charge in [0.05, 0.1) is 11.6 Å². The van der Waals surface area contributed by atoms with E-state index < -0.39 is 12.1 Å². The van der Waals surface area contributed by atoms with E-state index in [1.54, 1.807) is 6.07 Å². The molecule has 0 aromatic heterocycles. The summed E-state index contributed by atoms with van der Waals surface area (Å²) in [5, 5.41) is -0.0304. The Morgan fingerprint density at radius 1 is 1.53 bits per heavy atom. The lowest BCUT2D eigenvalue weighted by Crippen LogP contribution is -2.37. The van der Waals surface area contributed by atoms with E-state index in [2.05, 4.69) is 25.4 Å². The maximum Gasteiger partial charge on any atom is 0.502 e. The largest absolute Gasteiger partial charge is 0.502 e. The number of benzene rings is 1. The predicted molar refractivity (Wildman–Crippen MR) is 61.4 cm³/mol. The van der Waals surface area contributed by atoms with Gasteiger partial charge in [0, 0.05) is 4.47 Å². The SMILES string of the molecule is CCOC(=O)C(F)(F)Oc1cc(Br)ccc1Cl. The van der Waals surface area contributed by atoms with Crippen molar-refractivity contribution >= 4 is 33.5 Å². The van der Waals surface area contributed by atoms with Crippen LogP contribution in [0.4, 0.5) is 8.78 Å². The minimum atomic E-state index is -4.07. The van der Waals surface area contributed by atoms with Crippen LogP contribution in [0.15, 0.2) is 22.7 Å². The summed E-state index contributed by atoms with van der Waals surface area (Å²) in [6.07, 6.45) is -4.07. The summed E-state index contributed by atoms with van der Waals surface area (Å²) >= 11 is 8.72. The van der Waals surface area contributed by atoms with Crippen molar-refractivity contribution in [3.8, 4) is 5.75 Å². The normalized spacial score (nSPS) is 11.1. The molecule has 17 heavy (non-hydrogen) atoms. The molecule has 0 fully saturated rings. The zero-order chi connectivity index (χ0) is 13.1. The Hall–Kier alpha value is -0.880. The molecular formula is C10H8BrClF2O3. The second kappa shape index (κ2) is 5.64. The first kappa shape index (κ1) is 14.2. The van der Waals surface area contributed by atoms with Gasteiger partial charge in [0.25, 0.3) is 0 Å². The quantitative estimate of drug-likeness (QED) is 0.791. The van der Waals surface area contributed by atoms with Crippen molar-refractivity contribution in [3.63, 3.8) is 0 Å². The number of hydrogen-bond donors (Lipinski definition) is 0. The molecule has 0 aliphatic rings. The second-order valence-corrected chi connectivity index (χ2v) is 4.24. The van der Waals surface area contributed by atoms with Crippen LogP contribution >= 0.6 is 27.5 Å². The van der Waals surface area contributed by atoms with E-state index in [-0.39, 0.29) is 17.4 Å². The third-order valence-electron chi connectivity index (χ3n) is 1.64. The van der Waals surface area contributed by atoms with Crippen LogP contribution in [0.5, 0.6) is 5.75 Å². The number of hydrogen-bond acceptors (Lipinski definition) is 3. The zero-order valence-corrected chi connectivity index (χ0v) is 11.0. The summed E-state index contributed by atoms with van der Waals surface area (Å²) in [6, 6.07) is 4.15. The zero-order valence-electron chi connectivity index (χ0n) is 8.68. The maximum atomic E-state index is 13.2. The van der Waals surface area contributed by atoms with E-state index in [0.717, 1.165) is 0 Å². The van der Waals surface area contributed by atoms with Crippen LogP contribution < -0.4 is 4.74 Å². The summed E-state index contributed by atoms with van der Waals surface area (Å²) in [6.45, 7) is 1.25. The van der Waals surface area contributed by atoms with Crippen LogP contribution in [-0.4, -0.2) is 18.7 Å². The predicted octanol–water partition coefficient (Wildman–Crippen LogP) is 3.64. The van der Waals surface area contributed by atoms with Crippen LogP contribution in [-0.2, 0) is 9.53 Å². The van der Waals surface area contributed by atoms with Gasteiger partial charge < -0.3 is 9.47 Å². The third-order valence-corrected chi connectivity index (χ3v) is 2.45. The Morgan fingerprint density at radius 2 is 2.18 bits per heavy atom. The monoisotopic (exact) mass is 328 g/mol. The second-order valence-electron chi connectivity index (χ2n) is 2.91. The fourth-order valence-electron chi connectivity index (χ4n) is 0.950. The van der Waals surface area contributed by atoms with Gasteiger partial charge in [-0.2, -0.15) is 8.78 Å². The van der Waals surface area contributed by atoms with Crippen LogP contribution in [0.1, 0.15) is 6.92 Å². The van der Waals surface area contributed by atoms with E-state index in [1.165, 1.54) is 19.1 Å². The van der Waals surface area contributed by atoms with E-state index in [9.17, 15) is 13.6 Å². The molecule has 1 aromatic carbocycles. The average Bonchev–Trinajstić information content (AvgIpc) is 2.23. The lowest BCUT2D eigenvalue weighted by Gasteiger charge is -2.16. The molecule has 0 heterocycles. The minimum absolute atomic E-state index is 0.0304. The molecule has 0 saturated heterocycles. The molecule has 7 heteroatoms. The molecule has 0 spiro atoms. The number of esters is 1. The molecular weight excluding hydrogens is 321 g/mol. The topological polar surface area (TPSA) is 35.5 Å². The Labute approximate surface area is 110 Å². The van der Waals surface area contributed by atoms with Crippen molar-refractivity contribution in [3.05, 3.63) is 27.7 Å². The molecule has 0 N–H and O–H groups in total. The van der Waals surface area contributed by atoms with Crippen molar-refractivity contribution in [2.45, 2.75) is 13.0 Å². The van der Waals surface area contributed by atoms with Crippen LogP contribution in [0.3, 0.4) is 0 Å². The summed E-state index contributed by atoms with van der Waals surface area (Å²) < 4.78 is 35.4. The summed E-state index contributed by atoms with van der Waals surface area (Å²) in [5.41, 5.74) is 0. The van der Waals surface area contributed by atoms with Crippen molar-refractivity contribution in [2.24, 2.45) is 0 Å². The molecule has 3 nitrogen and oxygen atoms in total. The van der Waals surface area contributed by atoms with Gasteiger partial charge >= 0.3 is 12.1 Å². The molecule has 0 bridgehead atoms. The van der Waals surface area contributed by atoms with Gasteiger partial charge in [-0.25, -0.2) is 4.79 Å². The van der Waals surface area contributed by atoms with E-state index in [1.807, 2.05) is 0 Å². The Kier molecular flexibility index (Phi) is 4.70. The van der Waals surface area contributed by atoms with Crippen LogP contribution in [0.25, 0.3) is 0 Å². The number of carbonyl (C=O) groups is 1. The first-order valence-corrected chi connectivity index (χ1v) is 5.73. The summed E-state index contributed by atoms with van der Waals surface area (Å²) in [5.74, 6) is -2.06. The maximum absolute atomic E-state index is 13.2. The van der Waals surface area contributed by atoms with Crippen LogP contribution in [0.2, 0.25) is 5.02 Å². The van der Waals surface area contributed by atoms with Gasteiger partial charge in [-0.3, -0.25) is 0 Å². The van der Waals surface area contributed by atoms with Gasteiger partial charge in [-0.15, -0.1) is 0 Å². The average molecular weight is 330 g/mol. The standard InChI is InChI=1S/C10H8BrClF2O3/c1-2-16-9(15)10(13,14)17-8-5-6(11)3-4-7(8)12/h3-5H,2H2,1H3. The molecule has 0 unspecified atom stereocenters. The summed E-state index contributed by atoms with van der Waals surface area (Å²) in [7, 11) is 0. The molecule has 0 amide bonds. The summed E-state index contributed by atoms with van der Waals surface area (Å²) in [4.78, 5) is 10.9. The van der Waals surface area contributed by atoms with Gasteiger partial charge in [-0.05, 0) is 25.1 Å². The number of ether oxygens (including phenoxy) is 2. The number of halogens is 4. The fourth-order valence-corrected chi connectivity index (χ4v) is 1.45. The molecule has 94 valence electrons. The van der Waals surface area contributed by atoms with Gasteiger partial charge in [-0.1, -0.05) is 27.5 Å². The third kappa shape index (κ3) is 3.81. The minimum Gasteiger partial charge on any atom is -0.459 e. The van der Waals surface area contributed by atoms with E-state index in [0.29, 0.717) is 4.47 Å². The molecule has 0 aliphatic heterocycles. The molecule has 1 rings (SSSR count). The van der Waals surface area contributed by atoms with E-state index >= 15 is 0 Å². The Bertz CT molecular complexity index is 426. The highest BCUT2D eigenvalue weighted by molar-refractivity contribution is 9.10. The molecule has 0 aliphatic carbocycles. The number of rotatable bonds is 4. The molecule has 0 radical (unpaired) electrons. The highest BCUT2D eigenvalue weighted by Crippen LogP contribution is 2.32. The lowest BCUT2D eigenvalue weighted by atomic mass is 10.3. The van der Waals surface area contributed by atoms with Crippen molar-refractivity contribution < 1.29 is 23.0 Å². The fraction of sp³-hybridized carbons (Fsp3) is 0.300. The van der Waals surface area contributed by atoms with Crippen molar-refractivity contribution in [1.29, 1.82) is 0 Å². The van der Waals surface area contributed by atoms with Gasteiger partial charge in [0.2, 0.25) is 0 Å². The van der Waals surface area contributed by atoms with Crippen molar-refractivity contribution in [2.75, 3.05) is 6.61 Å². The first-order chi connectivity index (χ1) is 7.86. The number of alkyl halides is 2. The van der Waals surface area contributed by atoms with E-state index in [4.69, 9.17) is 11.6 Å². The smallest absolute Gasteiger partial charge is 0.459 e. The Morgan fingerprint density at radius 3 is 2.76 bits per heavy atom. The van der Waals surface area contributed by atoms with Crippen molar-refractivity contribution in [1.82, 2.24) is 0 Å². The highest BCUT2D eigenvalue weighted by atomic mass is 79.9. The molecule has 1 aromatic rings. The van der Waals surface area contributed by atoms with Crippen LogP contribution in [0, 0.1) is 0 Å². The number of carbonyl (C=O) groups excluding carboxylic acids is 1. The highest BCUT2D eigenvalue weighted by Gasteiger charge is 2.44. The Balaban J connectivity index is 2.89. The van der Waals surface area contributed by atoms with Gasteiger partial charge in [0.1, 0.15) is 5.75 Å².